The van der Waals surface area contributed by atoms with Crippen LogP contribution in [0, 0.1) is 0 Å². The molecule has 3 heterocycles. The third kappa shape index (κ3) is 4.06. The predicted molar refractivity (Wildman–Crippen MR) is 110 cm³/mol. The number of amides is 1. The van der Waals surface area contributed by atoms with E-state index in [9.17, 15) is 4.79 Å². The molecule has 1 aliphatic heterocycles. The Kier molecular flexibility index (Phi) is 5.38. The summed E-state index contributed by atoms with van der Waals surface area (Å²) in [5, 5.41) is 10.6. The number of nitrogens with one attached hydrogen (secondary N) is 2. The highest BCUT2D eigenvalue weighted by atomic mass is 79.9. The van der Waals surface area contributed by atoms with Crippen LogP contribution in [0.4, 0.5) is 5.82 Å². The van der Waals surface area contributed by atoms with E-state index in [1.54, 1.807) is 19.2 Å². The lowest BCUT2D eigenvalue weighted by Crippen LogP contribution is -2.47. The van der Waals surface area contributed by atoms with Gasteiger partial charge in [0.25, 0.3) is 5.91 Å². The lowest BCUT2D eigenvalue weighted by molar-refractivity contribution is 0.0903. The summed E-state index contributed by atoms with van der Waals surface area (Å²) < 4.78 is 11.1. The minimum Gasteiger partial charge on any atom is -0.497 e. The number of benzene rings is 1. The summed E-state index contributed by atoms with van der Waals surface area (Å²) in [5.74, 6) is 1.82. The Bertz CT molecular complexity index is 951. The third-order valence-electron chi connectivity index (χ3n) is 4.84. The molecule has 146 valence electrons. The van der Waals surface area contributed by atoms with Crippen molar-refractivity contribution < 1.29 is 13.9 Å². The van der Waals surface area contributed by atoms with Crippen molar-refractivity contribution >= 4 is 27.7 Å². The Morgan fingerprint density at radius 3 is 2.86 bits per heavy atom. The van der Waals surface area contributed by atoms with Crippen LogP contribution in [-0.2, 0) is 0 Å². The van der Waals surface area contributed by atoms with E-state index in [2.05, 4.69) is 36.3 Å². The number of rotatable bonds is 5. The molecule has 28 heavy (non-hydrogen) atoms. The SMILES string of the molecule is COc1ccc(-c2cc(N3CCCC(NC(=O)c4ccc(Br)o4)C3)n[nH]2)cc1. The molecule has 4 rings (SSSR count). The van der Waals surface area contributed by atoms with E-state index in [4.69, 9.17) is 9.15 Å². The maximum Gasteiger partial charge on any atom is 0.287 e. The van der Waals surface area contributed by atoms with Gasteiger partial charge in [-0.2, -0.15) is 5.10 Å². The molecule has 0 radical (unpaired) electrons. The first kappa shape index (κ1) is 18.6. The highest BCUT2D eigenvalue weighted by molar-refractivity contribution is 9.10. The molecule has 1 aromatic carbocycles. The quantitative estimate of drug-likeness (QED) is 0.624. The summed E-state index contributed by atoms with van der Waals surface area (Å²) in [6.45, 7) is 1.62. The standard InChI is InChI=1S/C20H21BrN4O3/c1-27-15-6-4-13(5-7-15)16-11-19(24-23-16)25-10-2-3-14(12-25)22-20(26)17-8-9-18(21)28-17/h4-9,11,14H,2-3,10,12H2,1H3,(H,22,26)(H,23,24). The number of aromatic nitrogens is 2. The van der Waals surface area contributed by atoms with E-state index in [1.165, 1.54) is 0 Å². The molecule has 3 aromatic rings. The molecule has 2 N–H and O–H groups in total. The number of carbonyl (C=O) groups is 1. The van der Waals surface area contributed by atoms with Crippen LogP contribution in [0.2, 0.25) is 0 Å². The fraction of sp³-hybridized carbons (Fsp3) is 0.300. The van der Waals surface area contributed by atoms with Gasteiger partial charge in [-0.25, -0.2) is 0 Å². The zero-order chi connectivity index (χ0) is 19.5. The minimum atomic E-state index is -0.196. The zero-order valence-electron chi connectivity index (χ0n) is 15.4. The smallest absolute Gasteiger partial charge is 0.287 e. The number of methoxy groups -OCH3 is 1. The number of H-pyrrole nitrogens is 1. The van der Waals surface area contributed by atoms with Crippen LogP contribution < -0.4 is 15.0 Å². The monoisotopic (exact) mass is 444 g/mol. The Labute approximate surface area is 171 Å². The van der Waals surface area contributed by atoms with Gasteiger partial charge in [-0.1, -0.05) is 0 Å². The number of nitrogens with zero attached hydrogens (tertiary/aromatic N) is 2. The van der Waals surface area contributed by atoms with Crippen molar-refractivity contribution in [2.24, 2.45) is 0 Å². The number of halogens is 1. The van der Waals surface area contributed by atoms with Crippen LogP contribution in [0.1, 0.15) is 23.4 Å². The van der Waals surface area contributed by atoms with Crippen LogP contribution in [0.15, 0.2) is 51.6 Å². The highest BCUT2D eigenvalue weighted by Crippen LogP contribution is 2.26. The average molecular weight is 445 g/mol. The number of hydrogen-bond donors (Lipinski definition) is 2. The zero-order valence-corrected chi connectivity index (χ0v) is 17.0. The summed E-state index contributed by atoms with van der Waals surface area (Å²) in [5.41, 5.74) is 1.99. The van der Waals surface area contributed by atoms with Gasteiger partial charge in [-0.05, 0) is 70.7 Å². The molecule has 8 heteroatoms. The van der Waals surface area contributed by atoms with E-state index >= 15 is 0 Å². The molecule has 1 saturated heterocycles. The Balaban J connectivity index is 1.41. The maximum absolute atomic E-state index is 12.3. The normalized spacial score (nSPS) is 16.8. The highest BCUT2D eigenvalue weighted by Gasteiger charge is 2.24. The lowest BCUT2D eigenvalue weighted by Gasteiger charge is -2.33. The molecule has 0 saturated carbocycles. The fourth-order valence-corrected chi connectivity index (χ4v) is 3.69. The minimum absolute atomic E-state index is 0.0475. The number of carbonyl (C=O) groups excluding carboxylic acids is 1. The van der Waals surface area contributed by atoms with Crippen molar-refractivity contribution in [1.82, 2.24) is 15.5 Å². The molecule has 0 spiro atoms. The van der Waals surface area contributed by atoms with Crippen LogP contribution in [0.5, 0.6) is 5.75 Å². The van der Waals surface area contributed by atoms with Gasteiger partial charge in [0.1, 0.15) is 5.75 Å². The summed E-state index contributed by atoms with van der Waals surface area (Å²) in [6, 6.07) is 13.3. The number of furan rings is 1. The number of aromatic amines is 1. The molecule has 1 atom stereocenters. The van der Waals surface area contributed by atoms with Crippen LogP contribution in [-0.4, -0.2) is 42.3 Å². The molecule has 1 amide bonds. The van der Waals surface area contributed by atoms with Gasteiger partial charge in [-0.3, -0.25) is 9.89 Å². The van der Waals surface area contributed by atoms with E-state index in [0.29, 0.717) is 17.0 Å². The van der Waals surface area contributed by atoms with E-state index < -0.39 is 0 Å². The molecule has 1 fully saturated rings. The second-order valence-electron chi connectivity index (χ2n) is 6.73. The first-order valence-corrected chi connectivity index (χ1v) is 9.92. The lowest BCUT2D eigenvalue weighted by atomic mass is 10.1. The van der Waals surface area contributed by atoms with Gasteiger partial charge in [0.15, 0.2) is 16.2 Å². The number of anilines is 1. The van der Waals surface area contributed by atoms with Gasteiger partial charge < -0.3 is 19.4 Å². The molecular weight excluding hydrogens is 424 g/mol. The average Bonchev–Trinajstić information content (AvgIpc) is 3.38. The Morgan fingerprint density at radius 2 is 2.14 bits per heavy atom. The first-order valence-electron chi connectivity index (χ1n) is 9.13. The summed E-state index contributed by atoms with van der Waals surface area (Å²) in [6.07, 6.45) is 1.91. The Hall–Kier alpha value is -2.74. The predicted octanol–water partition coefficient (Wildman–Crippen LogP) is 3.84. The molecule has 2 aromatic heterocycles. The second-order valence-corrected chi connectivity index (χ2v) is 7.51. The van der Waals surface area contributed by atoms with Crippen molar-refractivity contribution in [2.45, 2.75) is 18.9 Å². The first-order chi connectivity index (χ1) is 13.6. The fourth-order valence-electron chi connectivity index (χ4n) is 3.39. The topological polar surface area (TPSA) is 83.4 Å². The van der Waals surface area contributed by atoms with Crippen molar-refractivity contribution in [3.63, 3.8) is 0 Å². The second kappa shape index (κ2) is 8.10. The van der Waals surface area contributed by atoms with Gasteiger partial charge in [0, 0.05) is 25.2 Å². The van der Waals surface area contributed by atoms with Gasteiger partial charge in [0.05, 0.1) is 12.8 Å². The number of ether oxygens (including phenoxy) is 1. The molecule has 0 bridgehead atoms. The molecule has 1 unspecified atom stereocenters. The summed E-state index contributed by atoms with van der Waals surface area (Å²) >= 11 is 3.22. The van der Waals surface area contributed by atoms with Crippen LogP contribution >= 0.6 is 15.9 Å². The molecule has 7 nitrogen and oxygen atoms in total. The number of hydrogen-bond acceptors (Lipinski definition) is 5. The van der Waals surface area contributed by atoms with Crippen LogP contribution in [0.3, 0.4) is 0 Å². The van der Waals surface area contributed by atoms with E-state index in [-0.39, 0.29) is 11.9 Å². The maximum atomic E-state index is 12.3. The van der Waals surface area contributed by atoms with Crippen molar-refractivity contribution in [1.29, 1.82) is 0 Å². The van der Waals surface area contributed by atoms with E-state index in [1.807, 2.05) is 30.3 Å². The van der Waals surface area contributed by atoms with Crippen molar-refractivity contribution in [3.8, 4) is 17.0 Å². The summed E-state index contributed by atoms with van der Waals surface area (Å²) in [4.78, 5) is 14.5. The van der Waals surface area contributed by atoms with Gasteiger partial charge in [-0.15, -0.1) is 0 Å². The molecule has 0 aliphatic carbocycles. The van der Waals surface area contributed by atoms with Gasteiger partial charge >= 0.3 is 0 Å². The largest absolute Gasteiger partial charge is 0.497 e. The summed E-state index contributed by atoms with van der Waals surface area (Å²) in [7, 11) is 1.65. The third-order valence-corrected chi connectivity index (χ3v) is 5.27. The van der Waals surface area contributed by atoms with Crippen LogP contribution in [0.25, 0.3) is 11.3 Å². The molecule has 1 aliphatic rings. The number of piperidine rings is 1. The van der Waals surface area contributed by atoms with Gasteiger partial charge in [0.2, 0.25) is 0 Å². The van der Waals surface area contributed by atoms with E-state index in [0.717, 1.165) is 42.2 Å². The molecular formula is C20H21BrN4O3. The Morgan fingerprint density at radius 1 is 1.32 bits per heavy atom. The van der Waals surface area contributed by atoms with Crippen molar-refractivity contribution in [2.75, 3.05) is 25.1 Å². The van der Waals surface area contributed by atoms with Crippen molar-refractivity contribution in [3.05, 3.63) is 52.9 Å².